The van der Waals surface area contributed by atoms with Crippen LogP contribution >= 0.6 is 0 Å². The summed E-state index contributed by atoms with van der Waals surface area (Å²) >= 11 is 0. The van der Waals surface area contributed by atoms with Crippen molar-refractivity contribution in [1.29, 1.82) is 0 Å². The van der Waals surface area contributed by atoms with Crippen molar-refractivity contribution in [3.05, 3.63) is 30.3 Å². The minimum atomic E-state index is -2.55. The number of nitrogens with zero attached hydrogens (tertiary/aromatic N) is 1. The second-order valence-electron chi connectivity index (χ2n) is 4.53. The number of hydrogen-bond donors (Lipinski definition) is 0. The van der Waals surface area contributed by atoms with E-state index in [-0.39, 0.29) is 0 Å². The number of benzene rings is 1. The maximum atomic E-state index is 12.4. The molecule has 1 atom stereocenters. The van der Waals surface area contributed by atoms with Gasteiger partial charge in [0.1, 0.15) is 5.75 Å². The monoisotopic (exact) mass is 257 g/mol. The van der Waals surface area contributed by atoms with Crippen molar-refractivity contribution in [3.63, 3.8) is 0 Å². The summed E-state index contributed by atoms with van der Waals surface area (Å²) in [6, 6.07) is 9.22. The van der Waals surface area contributed by atoms with Crippen LogP contribution in [0.5, 0.6) is 5.75 Å². The van der Waals surface area contributed by atoms with Crippen molar-refractivity contribution in [2.24, 2.45) is 4.03 Å². The zero-order valence-corrected chi connectivity index (χ0v) is 12.1. The van der Waals surface area contributed by atoms with E-state index in [1.54, 1.807) is 12.1 Å². The van der Waals surface area contributed by atoms with E-state index >= 15 is 0 Å². The standard InChI is InChI=1S/C11H19NO2SSi/c1-5-15(13,12-16(2,3)4)14-11-9-7-6-8-10-11/h6-10H,5H2,1-4H3. The molecule has 0 N–H and O–H groups in total. The number of hydrogen-bond acceptors (Lipinski definition) is 3. The molecule has 0 amide bonds. The minimum absolute atomic E-state index is 0.423. The fourth-order valence-electron chi connectivity index (χ4n) is 1.19. The molecule has 0 saturated heterocycles. The molecule has 3 nitrogen and oxygen atoms in total. The molecule has 0 radical (unpaired) electrons. The zero-order chi connectivity index (χ0) is 12.2. The average Bonchev–Trinajstić information content (AvgIpc) is 2.16. The molecule has 1 rings (SSSR count). The second-order valence-corrected chi connectivity index (χ2v) is 11.5. The Morgan fingerprint density at radius 3 is 2.25 bits per heavy atom. The molecule has 0 heterocycles. The topological polar surface area (TPSA) is 38.7 Å². The van der Waals surface area contributed by atoms with Crippen LogP contribution in [0.4, 0.5) is 0 Å². The van der Waals surface area contributed by atoms with Gasteiger partial charge in [0, 0.05) is 0 Å². The van der Waals surface area contributed by atoms with Crippen LogP contribution < -0.4 is 4.18 Å². The molecule has 0 spiro atoms. The summed E-state index contributed by atoms with van der Waals surface area (Å²) in [5.74, 6) is 1.04. The molecule has 0 aliphatic carbocycles. The molecule has 0 fully saturated rings. The Morgan fingerprint density at radius 1 is 1.25 bits per heavy atom. The second kappa shape index (κ2) is 5.01. The van der Waals surface area contributed by atoms with Crippen molar-refractivity contribution in [2.75, 3.05) is 5.75 Å². The van der Waals surface area contributed by atoms with Crippen molar-refractivity contribution in [1.82, 2.24) is 0 Å². The van der Waals surface area contributed by atoms with Crippen molar-refractivity contribution < 1.29 is 8.39 Å². The van der Waals surface area contributed by atoms with Gasteiger partial charge in [-0.1, -0.05) is 18.2 Å². The van der Waals surface area contributed by atoms with Crippen LogP contribution in [0.2, 0.25) is 19.6 Å². The lowest BCUT2D eigenvalue weighted by Gasteiger charge is -2.15. The van der Waals surface area contributed by atoms with Gasteiger partial charge in [-0.3, -0.25) is 0 Å². The van der Waals surface area contributed by atoms with E-state index < -0.39 is 18.2 Å². The molecule has 90 valence electrons. The van der Waals surface area contributed by atoms with E-state index in [0.29, 0.717) is 11.5 Å². The van der Waals surface area contributed by atoms with E-state index in [9.17, 15) is 4.21 Å². The van der Waals surface area contributed by atoms with Gasteiger partial charge in [-0.2, -0.15) is 0 Å². The fourth-order valence-corrected chi connectivity index (χ4v) is 5.72. The lowest BCUT2D eigenvalue weighted by atomic mass is 10.3. The van der Waals surface area contributed by atoms with E-state index in [1.807, 2.05) is 25.1 Å². The van der Waals surface area contributed by atoms with Crippen LogP contribution in [-0.2, 0) is 10.0 Å². The molecule has 16 heavy (non-hydrogen) atoms. The molecule has 5 heteroatoms. The van der Waals surface area contributed by atoms with E-state index in [1.165, 1.54) is 0 Å². The third-order valence-corrected chi connectivity index (χ3v) is 6.23. The highest BCUT2D eigenvalue weighted by Gasteiger charge is 2.18. The minimum Gasteiger partial charge on any atom is -0.396 e. The zero-order valence-electron chi connectivity index (χ0n) is 10.3. The summed E-state index contributed by atoms with van der Waals surface area (Å²) in [5.41, 5.74) is 0. The summed E-state index contributed by atoms with van der Waals surface area (Å²) in [5, 5.41) is 0. The summed E-state index contributed by atoms with van der Waals surface area (Å²) in [4.78, 5) is 0. The Kier molecular flexibility index (Phi) is 4.15. The lowest BCUT2D eigenvalue weighted by molar-refractivity contribution is 0.552. The van der Waals surface area contributed by atoms with Gasteiger partial charge < -0.3 is 4.18 Å². The molecule has 1 aromatic rings. The molecule has 1 unspecified atom stereocenters. The van der Waals surface area contributed by atoms with E-state index in [0.717, 1.165) is 0 Å². The van der Waals surface area contributed by atoms with Crippen molar-refractivity contribution in [3.8, 4) is 5.75 Å². The van der Waals surface area contributed by atoms with Gasteiger partial charge in [0.2, 0.25) is 0 Å². The highest BCUT2D eigenvalue weighted by molar-refractivity contribution is 7.90. The van der Waals surface area contributed by atoms with Crippen LogP contribution in [0.15, 0.2) is 34.4 Å². The molecule has 0 aliphatic rings. The van der Waals surface area contributed by atoms with Gasteiger partial charge in [-0.05, 0) is 38.7 Å². The fraction of sp³-hybridized carbons (Fsp3) is 0.455. The Morgan fingerprint density at radius 2 is 1.81 bits per heavy atom. The van der Waals surface area contributed by atoms with Gasteiger partial charge >= 0.3 is 0 Å². The quantitative estimate of drug-likeness (QED) is 0.776. The van der Waals surface area contributed by atoms with E-state index in [2.05, 4.69) is 23.7 Å². The largest absolute Gasteiger partial charge is 0.396 e. The summed E-state index contributed by atoms with van der Waals surface area (Å²) in [6.07, 6.45) is 0. The molecule has 0 saturated carbocycles. The van der Waals surface area contributed by atoms with Gasteiger partial charge in [0.15, 0.2) is 18.2 Å². The Hall–Kier alpha value is -0.813. The van der Waals surface area contributed by atoms with Crippen LogP contribution in [0, 0.1) is 0 Å². The van der Waals surface area contributed by atoms with E-state index in [4.69, 9.17) is 4.18 Å². The maximum absolute atomic E-state index is 12.4. The number of rotatable bonds is 4. The first kappa shape index (κ1) is 13.3. The molecule has 0 aliphatic heterocycles. The number of para-hydroxylation sites is 1. The van der Waals surface area contributed by atoms with Crippen LogP contribution in [-0.4, -0.2) is 18.2 Å². The third-order valence-electron chi connectivity index (χ3n) is 1.75. The summed E-state index contributed by atoms with van der Waals surface area (Å²) < 4.78 is 22.3. The SMILES string of the molecule is CCS(=O)(=N[Si](C)(C)C)Oc1ccccc1. The maximum Gasteiger partial charge on any atom is 0.197 e. The smallest absolute Gasteiger partial charge is 0.197 e. The average molecular weight is 257 g/mol. The van der Waals surface area contributed by atoms with Gasteiger partial charge in [0.05, 0.1) is 5.75 Å². The Bertz CT molecular complexity index is 445. The lowest BCUT2D eigenvalue weighted by Crippen LogP contribution is -2.23. The first-order valence-corrected chi connectivity index (χ1v) is 10.4. The van der Waals surface area contributed by atoms with Crippen LogP contribution in [0.25, 0.3) is 0 Å². The molecule has 0 bridgehead atoms. The Labute approximate surface area is 99.3 Å². The first-order chi connectivity index (χ1) is 7.35. The van der Waals surface area contributed by atoms with Crippen molar-refractivity contribution >= 4 is 18.2 Å². The van der Waals surface area contributed by atoms with Gasteiger partial charge in [-0.15, -0.1) is 0 Å². The Balaban J connectivity index is 3.01. The van der Waals surface area contributed by atoms with Crippen LogP contribution in [0.3, 0.4) is 0 Å². The first-order valence-electron chi connectivity index (χ1n) is 5.35. The third kappa shape index (κ3) is 4.36. The highest BCUT2D eigenvalue weighted by atomic mass is 32.2. The van der Waals surface area contributed by atoms with Gasteiger partial charge in [-0.25, -0.2) is 8.24 Å². The normalized spacial score (nSPS) is 15.2. The predicted molar refractivity (Wildman–Crippen MR) is 71.5 cm³/mol. The summed E-state index contributed by atoms with van der Waals surface area (Å²) in [6.45, 7) is 8.00. The predicted octanol–water partition coefficient (Wildman–Crippen LogP) is 3.30. The molecule has 1 aromatic carbocycles. The van der Waals surface area contributed by atoms with Crippen molar-refractivity contribution in [2.45, 2.75) is 26.6 Å². The molecular weight excluding hydrogens is 238 g/mol. The highest BCUT2D eigenvalue weighted by Crippen LogP contribution is 2.16. The molecule has 0 aromatic heterocycles. The molecular formula is C11H19NO2SSi. The summed E-state index contributed by atoms with van der Waals surface area (Å²) in [7, 11) is -4.29. The van der Waals surface area contributed by atoms with Gasteiger partial charge in [0.25, 0.3) is 0 Å². The van der Waals surface area contributed by atoms with Crippen LogP contribution in [0.1, 0.15) is 6.92 Å².